The van der Waals surface area contributed by atoms with Gasteiger partial charge in [-0.2, -0.15) is 0 Å². The number of fused-ring (bicyclic) bond motifs is 1. The number of hydrogen-bond acceptors (Lipinski definition) is 4. The Bertz CT molecular complexity index is 717. The molecule has 0 bridgehead atoms. The van der Waals surface area contributed by atoms with Crippen LogP contribution in [0.5, 0.6) is 0 Å². The molecule has 138 valence electrons. The summed E-state index contributed by atoms with van der Waals surface area (Å²) in [5.74, 6) is 0. The third kappa shape index (κ3) is 4.06. The molecule has 1 fully saturated rings. The lowest BCUT2D eigenvalue weighted by molar-refractivity contribution is 0.0594. The maximum Gasteiger partial charge on any atom is 0.0845 e. The SMILES string of the molecule is Cc1ccc2c(c1)c(C)c(C)n2C[C@H](O)CN1CCN(CCO)CC1. The number of hydrogen-bond donors (Lipinski definition) is 2. The summed E-state index contributed by atoms with van der Waals surface area (Å²) >= 11 is 0. The zero-order chi connectivity index (χ0) is 18.0. The first-order valence-corrected chi connectivity index (χ1v) is 9.29. The molecule has 1 saturated heterocycles. The molecule has 0 saturated carbocycles. The second kappa shape index (κ2) is 7.87. The highest BCUT2D eigenvalue weighted by Gasteiger charge is 2.20. The van der Waals surface area contributed by atoms with Gasteiger partial charge in [-0.3, -0.25) is 9.80 Å². The second-order valence-corrected chi connectivity index (χ2v) is 7.36. The Morgan fingerprint density at radius 1 is 1.00 bits per heavy atom. The monoisotopic (exact) mass is 345 g/mol. The van der Waals surface area contributed by atoms with Crippen LogP contribution in [0.1, 0.15) is 16.8 Å². The molecule has 0 unspecified atom stereocenters. The van der Waals surface area contributed by atoms with E-state index in [0.29, 0.717) is 13.1 Å². The first-order chi connectivity index (χ1) is 12.0. The van der Waals surface area contributed by atoms with E-state index in [1.807, 2.05) is 0 Å². The molecule has 1 aromatic heterocycles. The molecular weight excluding hydrogens is 314 g/mol. The highest BCUT2D eigenvalue weighted by atomic mass is 16.3. The van der Waals surface area contributed by atoms with Crippen molar-refractivity contribution in [2.45, 2.75) is 33.4 Å². The first kappa shape index (κ1) is 18.4. The predicted octanol–water partition coefficient (Wildman–Crippen LogP) is 1.54. The normalized spacial score (nSPS) is 18.1. The van der Waals surface area contributed by atoms with Crippen molar-refractivity contribution in [3.8, 4) is 0 Å². The fourth-order valence-electron chi connectivity index (χ4n) is 3.90. The van der Waals surface area contributed by atoms with E-state index in [9.17, 15) is 5.11 Å². The zero-order valence-corrected chi connectivity index (χ0v) is 15.7. The molecule has 2 N–H and O–H groups in total. The van der Waals surface area contributed by atoms with Gasteiger partial charge in [0, 0.05) is 55.9 Å². The molecule has 1 atom stereocenters. The molecule has 1 aliphatic rings. The van der Waals surface area contributed by atoms with Gasteiger partial charge in [-0.25, -0.2) is 0 Å². The van der Waals surface area contributed by atoms with Gasteiger partial charge < -0.3 is 14.8 Å². The minimum Gasteiger partial charge on any atom is -0.395 e. The molecule has 5 nitrogen and oxygen atoms in total. The maximum absolute atomic E-state index is 10.7. The minimum atomic E-state index is -0.376. The average Bonchev–Trinajstić information content (AvgIpc) is 2.81. The van der Waals surface area contributed by atoms with Crippen LogP contribution in [0.25, 0.3) is 10.9 Å². The number of rotatable bonds is 6. The van der Waals surface area contributed by atoms with Gasteiger partial charge in [-0.05, 0) is 38.5 Å². The topological polar surface area (TPSA) is 51.9 Å². The lowest BCUT2D eigenvalue weighted by Crippen LogP contribution is -2.49. The Morgan fingerprint density at radius 3 is 2.36 bits per heavy atom. The minimum absolute atomic E-state index is 0.224. The molecule has 0 aliphatic carbocycles. The Balaban J connectivity index is 1.65. The quantitative estimate of drug-likeness (QED) is 0.834. The molecule has 0 radical (unpaired) electrons. The van der Waals surface area contributed by atoms with Crippen molar-refractivity contribution in [3.63, 3.8) is 0 Å². The number of nitrogens with zero attached hydrogens (tertiary/aromatic N) is 3. The number of β-amino-alcohol motifs (C(OH)–C–C–N with tert-alkyl or cyclic N) is 2. The van der Waals surface area contributed by atoms with Crippen LogP contribution >= 0.6 is 0 Å². The van der Waals surface area contributed by atoms with Crippen LogP contribution in [-0.2, 0) is 6.54 Å². The number of aliphatic hydroxyl groups excluding tert-OH is 2. The Morgan fingerprint density at radius 2 is 1.68 bits per heavy atom. The molecule has 2 aromatic rings. The van der Waals surface area contributed by atoms with Gasteiger partial charge in [0.1, 0.15) is 0 Å². The smallest absolute Gasteiger partial charge is 0.0845 e. The van der Waals surface area contributed by atoms with E-state index in [0.717, 1.165) is 32.7 Å². The Kier molecular flexibility index (Phi) is 5.79. The summed E-state index contributed by atoms with van der Waals surface area (Å²) in [7, 11) is 0. The van der Waals surface area contributed by atoms with E-state index in [1.54, 1.807) is 0 Å². The van der Waals surface area contributed by atoms with E-state index in [2.05, 4.69) is 53.3 Å². The fourth-order valence-corrected chi connectivity index (χ4v) is 3.90. The highest BCUT2D eigenvalue weighted by Crippen LogP contribution is 2.26. The molecule has 0 amide bonds. The average molecular weight is 345 g/mol. The summed E-state index contributed by atoms with van der Waals surface area (Å²) < 4.78 is 2.26. The standard InChI is InChI=1S/C20H31N3O2/c1-15-4-5-20-19(12-15)16(2)17(3)23(20)14-18(25)13-22-8-6-21(7-9-22)10-11-24/h4-5,12,18,24-25H,6-11,13-14H2,1-3H3/t18-/m1/s1. The molecule has 3 rings (SSSR count). The van der Waals surface area contributed by atoms with E-state index in [1.165, 1.54) is 27.7 Å². The third-order valence-electron chi connectivity index (χ3n) is 5.54. The number of aromatic nitrogens is 1. The molecule has 2 heterocycles. The van der Waals surface area contributed by atoms with Gasteiger partial charge in [0.2, 0.25) is 0 Å². The van der Waals surface area contributed by atoms with Crippen molar-refractivity contribution < 1.29 is 10.2 Å². The van der Waals surface area contributed by atoms with Gasteiger partial charge in [0.05, 0.1) is 19.3 Å². The van der Waals surface area contributed by atoms with Gasteiger partial charge >= 0.3 is 0 Å². The summed E-state index contributed by atoms with van der Waals surface area (Å²) in [5.41, 5.74) is 5.04. The predicted molar refractivity (Wildman–Crippen MR) is 102 cm³/mol. The van der Waals surface area contributed by atoms with Crippen LogP contribution in [0.3, 0.4) is 0 Å². The highest BCUT2D eigenvalue weighted by molar-refractivity contribution is 5.85. The molecule has 1 aliphatic heterocycles. The van der Waals surface area contributed by atoms with Gasteiger partial charge in [-0.1, -0.05) is 11.6 Å². The van der Waals surface area contributed by atoms with Crippen LogP contribution < -0.4 is 0 Å². The van der Waals surface area contributed by atoms with Crippen molar-refractivity contribution in [3.05, 3.63) is 35.0 Å². The molecule has 5 heteroatoms. The maximum atomic E-state index is 10.7. The van der Waals surface area contributed by atoms with E-state index in [-0.39, 0.29) is 12.7 Å². The van der Waals surface area contributed by atoms with E-state index in [4.69, 9.17) is 5.11 Å². The van der Waals surface area contributed by atoms with E-state index >= 15 is 0 Å². The zero-order valence-electron chi connectivity index (χ0n) is 15.7. The Labute approximate surface area is 150 Å². The van der Waals surface area contributed by atoms with Crippen LogP contribution in [0.2, 0.25) is 0 Å². The third-order valence-corrected chi connectivity index (χ3v) is 5.54. The summed E-state index contributed by atoms with van der Waals surface area (Å²) in [6, 6.07) is 6.55. The number of aryl methyl sites for hydroxylation is 2. The fraction of sp³-hybridized carbons (Fsp3) is 0.600. The molecular formula is C20H31N3O2. The van der Waals surface area contributed by atoms with Crippen molar-refractivity contribution >= 4 is 10.9 Å². The van der Waals surface area contributed by atoms with E-state index < -0.39 is 0 Å². The van der Waals surface area contributed by atoms with Crippen LogP contribution in [-0.4, -0.2) is 76.6 Å². The van der Waals surface area contributed by atoms with Crippen molar-refractivity contribution in [2.24, 2.45) is 0 Å². The molecule has 1 aromatic carbocycles. The number of aliphatic hydroxyl groups is 2. The van der Waals surface area contributed by atoms with Crippen LogP contribution in [0.15, 0.2) is 18.2 Å². The number of piperazine rings is 1. The van der Waals surface area contributed by atoms with Crippen molar-refractivity contribution in [1.82, 2.24) is 14.4 Å². The van der Waals surface area contributed by atoms with Crippen molar-refractivity contribution in [2.75, 3.05) is 45.9 Å². The molecule has 25 heavy (non-hydrogen) atoms. The van der Waals surface area contributed by atoms with Gasteiger partial charge in [0.25, 0.3) is 0 Å². The largest absolute Gasteiger partial charge is 0.395 e. The summed E-state index contributed by atoms with van der Waals surface area (Å²) in [4.78, 5) is 4.61. The van der Waals surface area contributed by atoms with Gasteiger partial charge in [-0.15, -0.1) is 0 Å². The van der Waals surface area contributed by atoms with Crippen LogP contribution in [0, 0.1) is 20.8 Å². The summed E-state index contributed by atoms with van der Waals surface area (Å²) in [5, 5.41) is 21.0. The summed E-state index contributed by atoms with van der Waals surface area (Å²) in [6.45, 7) is 12.6. The lowest BCUT2D eigenvalue weighted by Gasteiger charge is -2.35. The Hall–Kier alpha value is -1.40. The first-order valence-electron chi connectivity index (χ1n) is 9.29. The second-order valence-electron chi connectivity index (χ2n) is 7.36. The molecule has 0 spiro atoms. The van der Waals surface area contributed by atoms with Crippen LogP contribution in [0.4, 0.5) is 0 Å². The van der Waals surface area contributed by atoms with Gasteiger partial charge in [0.15, 0.2) is 0 Å². The lowest BCUT2D eigenvalue weighted by atomic mass is 10.1. The van der Waals surface area contributed by atoms with Crippen molar-refractivity contribution in [1.29, 1.82) is 0 Å². The summed E-state index contributed by atoms with van der Waals surface area (Å²) in [6.07, 6.45) is -0.376. The number of benzene rings is 1.